The first-order valence-electron chi connectivity index (χ1n) is 2.74. The minimum absolute atomic E-state index is 0. The summed E-state index contributed by atoms with van der Waals surface area (Å²) in [7, 11) is 1.52. The highest BCUT2D eigenvalue weighted by atomic mass is 35.5. The number of aromatic nitrogens is 1. The van der Waals surface area contributed by atoms with Gasteiger partial charge < -0.3 is 5.32 Å². The van der Waals surface area contributed by atoms with Gasteiger partial charge in [0.2, 0.25) is 0 Å². The van der Waals surface area contributed by atoms with Crippen molar-refractivity contribution in [2.75, 3.05) is 12.4 Å². The second kappa shape index (κ2) is 3.95. The van der Waals surface area contributed by atoms with E-state index in [2.05, 4.69) is 10.3 Å². The first-order chi connectivity index (χ1) is 5.04. The van der Waals surface area contributed by atoms with Crippen molar-refractivity contribution in [3.8, 4) is 0 Å². The van der Waals surface area contributed by atoms with Gasteiger partial charge in [0.05, 0.1) is 0 Å². The molecule has 0 aliphatic heterocycles. The molecule has 1 N–H and O–H groups in total. The SMILES string of the molecule is CNc1csc(C(F)(F)F)n1.Cl. The first-order valence-corrected chi connectivity index (χ1v) is 3.62. The maximum Gasteiger partial charge on any atom is 0.443 e. The molecule has 1 rings (SSSR count). The van der Waals surface area contributed by atoms with Gasteiger partial charge in [-0.3, -0.25) is 0 Å². The molecule has 0 saturated heterocycles. The molecule has 1 aromatic rings. The van der Waals surface area contributed by atoms with Gasteiger partial charge in [-0.25, -0.2) is 4.98 Å². The summed E-state index contributed by atoms with van der Waals surface area (Å²) in [6.45, 7) is 0. The van der Waals surface area contributed by atoms with Gasteiger partial charge in [0.25, 0.3) is 0 Å². The number of hydrogen-bond donors (Lipinski definition) is 1. The predicted molar refractivity (Wildman–Crippen MR) is 43.9 cm³/mol. The Morgan fingerprint density at radius 2 is 2.08 bits per heavy atom. The van der Waals surface area contributed by atoms with E-state index in [0.29, 0.717) is 11.3 Å². The average molecular weight is 219 g/mol. The third kappa shape index (κ3) is 2.53. The van der Waals surface area contributed by atoms with Crippen LogP contribution in [0.25, 0.3) is 0 Å². The van der Waals surface area contributed by atoms with Gasteiger partial charge in [-0.1, -0.05) is 0 Å². The number of nitrogens with one attached hydrogen (secondary N) is 1. The molecular formula is C5H6ClF3N2S. The molecule has 0 fully saturated rings. The van der Waals surface area contributed by atoms with E-state index in [1.165, 1.54) is 12.4 Å². The van der Waals surface area contributed by atoms with Crippen molar-refractivity contribution in [3.63, 3.8) is 0 Å². The van der Waals surface area contributed by atoms with Crippen LogP contribution >= 0.6 is 23.7 Å². The minimum Gasteiger partial charge on any atom is -0.372 e. The lowest BCUT2D eigenvalue weighted by Gasteiger charge is -1.98. The molecule has 0 saturated carbocycles. The summed E-state index contributed by atoms with van der Waals surface area (Å²) in [4.78, 5) is 3.28. The van der Waals surface area contributed by atoms with Gasteiger partial charge in [-0.2, -0.15) is 13.2 Å². The number of thiazole rings is 1. The largest absolute Gasteiger partial charge is 0.443 e. The molecule has 0 unspecified atom stereocenters. The fourth-order valence-electron chi connectivity index (χ4n) is 0.519. The Bertz CT molecular complexity index is 247. The second-order valence-corrected chi connectivity index (χ2v) is 2.64. The highest BCUT2D eigenvalue weighted by Gasteiger charge is 2.34. The van der Waals surface area contributed by atoms with E-state index in [0.717, 1.165) is 0 Å². The number of hydrogen-bond acceptors (Lipinski definition) is 3. The molecule has 12 heavy (non-hydrogen) atoms. The van der Waals surface area contributed by atoms with Gasteiger partial charge in [0.15, 0.2) is 5.01 Å². The lowest BCUT2D eigenvalue weighted by atomic mass is 10.7. The third-order valence-corrected chi connectivity index (χ3v) is 1.89. The molecule has 0 aliphatic rings. The second-order valence-electron chi connectivity index (χ2n) is 1.79. The Hall–Kier alpha value is -0.490. The molecule has 0 spiro atoms. The highest BCUT2D eigenvalue weighted by molar-refractivity contribution is 7.10. The van der Waals surface area contributed by atoms with E-state index in [4.69, 9.17) is 0 Å². The van der Waals surface area contributed by atoms with E-state index in [9.17, 15) is 13.2 Å². The van der Waals surface area contributed by atoms with Crippen molar-refractivity contribution in [1.29, 1.82) is 0 Å². The van der Waals surface area contributed by atoms with Crippen LogP contribution in [0.2, 0.25) is 0 Å². The number of nitrogens with zero attached hydrogens (tertiary/aromatic N) is 1. The van der Waals surface area contributed by atoms with E-state index in [1.54, 1.807) is 0 Å². The fourth-order valence-corrected chi connectivity index (χ4v) is 1.20. The Kier molecular flexibility index (Phi) is 3.79. The standard InChI is InChI=1S/C5H5F3N2S.ClH/c1-9-3-2-11-4(10-3)5(6,7)8;/h2,9H,1H3;1H. The molecular weight excluding hydrogens is 213 g/mol. The minimum atomic E-state index is -4.32. The lowest BCUT2D eigenvalue weighted by Crippen LogP contribution is -2.04. The van der Waals surface area contributed by atoms with Crippen molar-refractivity contribution < 1.29 is 13.2 Å². The number of alkyl halides is 3. The van der Waals surface area contributed by atoms with Crippen LogP contribution in [0.1, 0.15) is 5.01 Å². The quantitative estimate of drug-likeness (QED) is 0.784. The van der Waals surface area contributed by atoms with Crippen LogP contribution < -0.4 is 5.32 Å². The molecule has 0 aromatic carbocycles. The maximum absolute atomic E-state index is 11.9. The van der Waals surface area contributed by atoms with E-state index >= 15 is 0 Å². The molecule has 0 bridgehead atoms. The molecule has 0 radical (unpaired) electrons. The summed E-state index contributed by atoms with van der Waals surface area (Å²) in [6.07, 6.45) is -4.32. The van der Waals surface area contributed by atoms with Crippen molar-refractivity contribution in [2.24, 2.45) is 0 Å². The first kappa shape index (κ1) is 11.5. The Balaban J connectivity index is 0.00000121. The van der Waals surface area contributed by atoms with E-state index < -0.39 is 11.2 Å². The van der Waals surface area contributed by atoms with Crippen molar-refractivity contribution in [3.05, 3.63) is 10.4 Å². The summed E-state index contributed by atoms with van der Waals surface area (Å²) in [5.41, 5.74) is 0. The number of rotatable bonds is 1. The lowest BCUT2D eigenvalue weighted by molar-refractivity contribution is -0.137. The van der Waals surface area contributed by atoms with Crippen molar-refractivity contribution >= 4 is 29.6 Å². The average Bonchev–Trinajstić information content (AvgIpc) is 2.32. The van der Waals surface area contributed by atoms with Gasteiger partial charge in [-0.15, -0.1) is 23.7 Å². The van der Waals surface area contributed by atoms with Crippen LogP contribution in [0.15, 0.2) is 5.38 Å². The molecule has 70 valence electrons. The van der Waals surface area contributed by atoms with Crippen LogP contribution in [0.3, 0.4) is 0 Å². The van der Waals surface area contributed by atoms with Crippen LogP contribution in [0.4, 0.5) is 19.0 Å². The fraction of sp³-hybridized carbons (Fsp3) is 0.400. The van der Waals surface area contributed by atoms with Gasteiger partial charge in [0.1, 0.15) is 5.82 Å². The maximum atomic E-state index is 11.9. The Morgan fingerprint density at radius 1 is 1.50 bits per heavy atom. The van der Waals surface area contributed by atoms with Gasteiger partial charge in [-0.05, 0) is 0 Å². The molecule has 1 heterocycles. The summed E-state index contributed by atoms with van der Waals surface area (Å²) in [6, 6.07) is 0. The zero-order valence-electron chi connectivity index (χ0n) is 5.97. The third-order valence-electron chi connectivity index (χ3n) is 1.00. The van der Waals surface area contributed by atoms with Crippen LogP contribution in [-0.2, 0) is 6.18 Å². The number of halogens is 4. The van der Waals surface area contributed by atoms with Crippen LogP contribution in [0.5, 0.6) is 0 Å². The van der Waals surface area contributed by atoms with E-state index in [1.807, 2.05) is 0 Å². The Labute approximate surface area is 77.2 Å². The van der Waals surface area contributed by atoms with Crippen molar-refractivity contribution in [1.82, 2.24) is 4.98 Å². The van der Waals surface area contributed by atoms with Gasteiger partial charge in [0, 0.05) is 12.4 Å². The predicted octanol–water partition coefficient (Wildman–Crippen LogP) is 2.63. The summed E-state index contributed by atoms with van der Waals surface area (Å²) in [5.74, 6) is 0.252. The molecule has 0 atom stereocenters. The highest BCUT2D eigenvalue weighted by Crippen LogP contribution is 2.32. The molecule has 0 aliphatic carbocycles. The van der Waals surface area contributed by atoms with Crippen LogP contribution in [0, 0.1) is 0 Å². The number of anilines is 1. The molecule has 0 amide bonds. The normalized spacial score (nSPS) is 10.7. The topological polar surface area (TPSA) is 24.9 Å². The molecule has 7 heteroatoms. The molecule has 1 aromatic heterocycles. The zero-order chi connectivity index (χ0) is 8.48. The summed E-state index contributed by atoms with van der Waals surface area (Å²) in [5, 5.41) is 3.02. The van der Waals surface area contributed by atoms with Crippen molar-refractivity contribution in [2.45, 2.75) is 6.18 Å². The summed E-state index contributed by atoms with van der Waals surface area (Å²) < 4.78 is 35.6. The van der Waals surface area contributed by atoms with E-state index in [-0.39, 0.29) is 18.2 Å². The van der Waals surface area contributed by atoms with Gasteiger partial charge >= 0.3 is 6.18 Å². The van der Waals surface area contributed by atoms with Crippen LogP contribution in [-0.4, -0.2) is 12.0 Å². The smallest absolute Gasteiger partial charge is 0.372 e. The molecule has 2 nitrogen and oxygen atoms in total. The summed E-state index contributed by atoms with van der Waals surface area (Å²) >= 11 is 0.582. The zero-order valence-corrected chi connectivity index (χ0v) is 7.61. The Morgan fingerprint density at radius 3 is 2.33 bits per heavy atom. The monoisotopic (exact) mass is 218 g/mol.